The highest BCUT2D eigenvalue weighted by Gasteiger charge is 2.37. The molecule has 0 unspecified atom stereocenters. The number of ether oxygens (including phenoxy) is 1. The van der Waals surface area contributed by atoms with E-state index in [9.17, 15) is 9.59 Å². The summed E-state index contributed by atoms with van der Waals surface area (Å²) in [5, 5.41) is 0.875. The first-order valence-corrected chi connectivity index (χ1v) is 8.65. The van der Waals surface area contributed by atoms with Gasteiger partial charge in [0.25, 0.3) is 5.91 Å². The molecule has 1 aromatic heterocycles. The number of carbonyl (C=O) groups excluding carboxylic acids is 2. The third-order valence-electron chi connectivity index (χ3n) is 5.28. The van der Waals surface area contributed by atoms with Crippen molar-refractivity contribution < 1.29 is 14.3 Å². The van der Waals surface area contributed by atoms with E-state index >= 15 is 0 Å². The first-order chi connectivity index (χ1) is 12.1. The zero-order chi connectivity index (χ0) is 17.4. The first kappa shape index (κ1) is 16.0. The number of likely N-dealkylation sites (tertiary alicyclic amines) is 1. The molecule has 130 valence electrons. The zero-order valence-corrected chi connectivity index (χ0v) is 14.2. The molecule has 2 fully saturated rings. The van der Waals surface area contributed by atoms with Crippen LogP contribution in [-0.4, -0.2) is 65.5 Å². The van der Waals surface area contributed by atoms with E-state index in [0.29, 0.717) is 18.7 Å². The fraction of sp³-hybridized carbons (Fsp3) is 0.421. The van der Waals surface area contributed by atoms with Gasteiger partial charge in [-0.1, -0.05) is 12.1 Å². The Morgan fingerprint density at radius 2 is 2.04 bits per heavy atom. The van der Waals surface area contributed by atoms with Crippen LogP contribution in [0.5, 0.6) is 0 Å². The van der Waals surface area contributed by atoms with Gasteiger partial charge in [0, 0.05) is 37.3 Å². The average Bonchev–Trinajstić information content (AvgIpc) is 2.87. The number of fused-ring (bicyclic) bond motifs is 2. The minimum Gasteiger partial charge on any atom is -0.366 e. The Morgan fingerprint density at radius 3 is 2.92 bits per heavy atom. The smallest absolute Gasteiger partial charge is 0.254 e. The summed E-state index contributed by atoms with van der Waals surface area (Å²) in [5.41, 5.74) is 1.51. The van der Waals surface area contributed by atoms with Crippen molar-refractivity contribution in [1.82, 2.24) is 14.8 Å². The van der Waals surface area contributed by atoms with Gasteiger partial charge in [-0.3, -0.25) is 14.6 Å². The summed E-state index contributed by atoms with van der Waals surface area (Å²) < 4.78 is 5.71. The fourth-order valence-corrected chi connectivity index (χ4v) is 3.83. The third kappa shape index (κ3) is 2.87. The predicted octanol–water partition coefficient (Wildman–Crippen LogP) is 1.70. The van der Waals surface area contributed by atoms with E-state index in [4.69, 9.17) is 4.74 Å². The summed E-state index contributed by atoms with van der Waals surface area (Å²) in [5.74, 6) is 0.0346. The van der Waals surface area contributed by atoms with Gasteiger partial charge in [0.2, 0.25) is 5.91 Å². The normalized spacial score (nSPS) is 24.1. The van der Waals surface area contributed by atoms with Crippen molar-refractivity contribution in [3.8, 4) is 0 Å². The van der Waals surface area contributed by atoms with Crippen LogP contribution in [0.1, 0.15) is 23.2 Å². The van der Waals surface area contributed by atoms with E-state index in [1.807, 2.05) is 42.3 Å². The maximum atomic E-state index is 13.1. The van der Waals surface area contributed by atoms with E-state index in [-0.39, 0.29) is 30.6 Å². The maximum Gasteiger partial charge on any atom is 0.254 e. The Bertz CT molecular complexity index is 817. The predicted molar refractivity (Wildman–Crippen MR) is 93.2 cm³/mol. The second kappa shape index (κ2) is 6.44. The molecule has 25 heavy (non-hydrogen) atoms. The van der Waals surface area contributed by atoms with Crippen molar-refractivity contribution in [2.24, 2.45) is 0 Å². The molecule has 2 atom stereocenters. The molecule has 6 heteroatoms. The topological polar surface area (TPSA) is 62.7 Å². The van der Waals surface area contributed by atoms with Gasteiger partial charge in [-0.05, 0) is 31.0 Å². The molecule has 2 aliphatic heterocycles. The molecule has 2 aromatic rings. The van der Waals surface area contributed by atoms with Gasteiger partial charge < -0.3 is 14.5 Å². The number of aromatic nitrogens is 1. The van der Waals surface area contributed by atoms with Gasteiger partial charge in [0.15, 0.2) is 0 Å². The second-order valence-corrected chi connectivity index (χ2v) is 6.67. The van der Waals surface area contributed by atoms with Crippen molar-refractivity contribution in [2.75, 3.05) is 26.7 Å². The van der Waals surface area contributed by atoms with E-state index in [2.05, 4.69) is 4.98 Å². The maximum absolute atomic E-state index is 13.1. The molecule has 1 aromatic carbocycles. The van der Waals surface area contributed by atoms with Crippen molar-refractivity contribution in [2.45, 2.75) is 25.0 Å². The molecular formula is C19H21N3O3. The number of pyridine rings is 1. The summed E-state index contributed by atoms with van der Waals surface area (Å²) in [4.78, 5) is 32.9. The van der Waals surface area contributed by atoms with Gasteiger partial charge in [0.05, 0.1) is 17.7 Å². The Balaban J connectivity index is 1.58. The van der Waals surface area contributed by atoms with Gasteiger partial charge >= 0.3 is 0 Å². The van der Waals surface area contributed by atoms with Crippen LogP contribution in [0.15, 0.2) is 36.5 Å². The molecule has 0 spiro atoms. The lowest BCUT2D eigenvalue weighted by molar-refractivity contribution is -0.154. The molecule has 0 N–H and O–H groups in total. The van der Waals surface area contributed by atoms with Crippen LogP contribution in [-0.2, 0) is 9.53 Å². The van der Waals surface area contributed by atoms with Gasteiger partial charge in [-0.25, -0.2) is 0 Å². The molecule has 0 bridgehead atoms. The number of hydrogen-bond donors (Lipinski definition) is 0. The number of nitrogens with zero attached hydrogens (tertiary/aromatic N) is 3. The molecule has 2 aliphatic rings. The summed E-state index contributed by atoms with van der Waals surface area (Å²) >= 11 is 0. The van der Waals surface area contributed by atoms with E-state index in [1.165, 1.54) is 0 Å². The molecule has 6 nitrogen and oxygen atoms in total. The lowest BCUT2D eigenvalue weighted by Gasteiger charge is -2.37. The molecule has 0 radical (unpaired) electrons. The molecule has 2 amide bonds. The van der Waals surface area contributed by atoms with Gasteiger partial charge in [0.1, 0.15) is 6.61 Å². The second-order valence-electron chi connectivity index (χ2n) is 6.67. The van der Waals surface area contributed by atoms with Crippen LogP contribution in [0.25, 0.3) is 10.9 Å². The minimum absolute atomic E-state index is 0.00897. The van der Waals surface area contributed by atoms with Crippen LogP contribution < -0.4 is 0 Å². The monoisotopic (exact) mass is 339 g/mol. The molecule has 4 rings (SSSR count). The zero-order valence-electron chi connectivity index (χ0n) is 14.2. The number of hydrogen-bond acceptors (Lipinski definition) is 4. The minimum atomic E-state index is 0.00897. The Labute approximate surface area is 146 Å². The van der Waals surface area contributed by atoms with Crippen molar-refractivity contribution in [3.05, 3.63) is 42.1 Å². The summed E-state index contributed by atoms with van der Waals surface area (Å²) in [6.07, 6.45) is 3.23. The van der Waals surface area contributed by atoms with Crippen LogP contribution in [0.3, 0.4) is 0 Å². The Kier molecular flexibility index (Phi) is 4.13. The van der Waals surface area contributed by atoms with E-state index in [1.54, 1.807) is 11.1 Å². The number of amides is 2. The number of morpholine rings is 1. The molecule has 2 saturated heterocycles. The highest BCUT2D eigenvalue weighted by molar-refractivity contribution is 6.06. The molecule has 0 aliphatic carbocycles. The van der Waals surface area contributed by atoms with Crippen LogP contribution in [0.2, 0.25) is 0 Å². The van der Waals surface area contributed by atoms with Crippen molar-refractivity contribution in [1.29, 1.82) is 0 Å². The largest absolute Gasteiger partial charge is 0.366 e. The lowest BCUT2D eigenvalue weighted by Crippen LogP contribution is -2.52. The summed E-state index contributed by atoms with van der Waals surface area (Å²) in [6, 6.07) is 9.48. The highest BCUT2D eigenvalue weighted by atomic mass is 16.5. The SMILES string of the molecule is CN1C(=O)CO[C@H]2CCN(C(=O)c3cccc4ncccc34)CC[C@@H]21. The Hall–Kier alpha value is -2.47. The van der Waals surface area contributed by atoms with Crippen LogP contribution >= 0.6 is 0 Å². The number of benzene rings is 1. The molecule has 0 saturated carbocycles. The van der Waals surface area contributed by atoms with E-state index < -0.39 is 0 Å². The summed E-state index contributed by atoms with van der Waals surface area (Å²) in [6.45, 7) is 1.40. The quantitative estimate of drug-likeness (QED) is 0.793. The third-order valence-corrected chi connectivity index (χ3v) is 5.28. The molecule has 3 heterocycles. The first-order valence-electron chi connectivity index (χ1n) is 8.65. The number of rotatable bonds is 1. The van der Waals surface area contributed by atoms with Gasteiger partial charge in [-0.15, -0.1) is 0 Å². The number of likely N-dealkylation sites (N-methyl/N-ethyl adjacent to an activating group) is 1. The van der Waals surface area contributed by atoms with Crippen LogP contribution in [0.4, 0.5) is 0 Å². The lowest BCUT2D eigenvalue weighted by atomic mass is 10.0. The summed E-state index contributed by atoms with van der Waals surface area (Å²) in [7, 11) is 1.83. The number of carbonyl (C=O) groups is 2. The van der Waals surface area contributed by atoms with Gasteiger partial charge in [-0.2, -0.15) is 0 Å². The van der Waals surface area contributed by atoms with Crippen molar-refractivity contribution >= 4 is 22.7 Å². The molecular weight excluding hydrogens is 318 g/mol. The van der Waals surface area contributed by atoms with Crippen molar-refractivity contribution in [3.63, 3.8) is 0 Å². The Morgan fingerprint density at radius 1 is 1.20 bits per heavy atom. The van der Waals surface area contributed by atoms with E-state index in [0.717, 1.165) is 23.7 Å². The average molecular weight is 339 g/mol. The standard InChI is InChI=1S/C19H21N3O3/c1-21-16-7-10-22(11-8-17(16)25-12-18(21)23)19(24)14-4-2-6-15-13(14)5-3-9-20-15/h2-6,9,16-17H,7-8,10-12H2,1H3/t16-,17-/m0/s1. The van der Waals surface area contributed by atoms with Crippen LogP contribution in [0, 0.1) is 0 Å². The highest BCUT2D eigenvalue weighted by Crippen LogP contribution is 2.25. The fourth-order valence-electron chi connectivity index (χ4n) is 3.83.